The van der Waals surface area contributed by atoms with Gasteiger partial charge in [0.1, 0.15) is 0 Å². The molecule has 0 spiro atoms. The smallest absolute Gasteiger partial charge is 0.240 e. The number of carbonyl (C=O) groups is 1. The lowest BCUT2D eigenvalue weighted by atomic mass is 10.2. The number of anilines is 1. The Labute approximate surface area is 137 Å². The second-order valence-corrected chi connectivity index (χ2v) is 8.00. The summed E-state index contributed by atoms with van der Waals surface area (Å²) in [6, 6.07) is 4.64. The quantitative estimate of drug-likeness (QED) is 0.745. The van der Waals surface area contributed by atoms with Crippen LogP contribution in [0.3, 0.4) is 0 Å². The van der Waals surface area contributed by atoms with Gasteiger partial charge in [0.2, 0.25) is 15.9 Å². The monoisotopic (exact) mass is 344 g/mol. The van der Waals surface area contributed by atoms with Gasteiger partial charge in [-0.05, 0) is 37.8 Å². The summed E-state index contributed by atoms with van der Waals surface area (Å²) < 4.78 is 27.3. The normalized spacial score (nSPS) is 13.2. The van der Waals surface area contributed by atoms with E-state index >= 15 is 0 Å². The molecule has 0 aromatic heterocycles. The fourth-order valence-electron chi connectivity index (χ4n) is 1.65. The first-order valence-corrected chi connectivity index (χ1v) is 9.93. The van der Waals surface area contributed by atoms with Crippen molar-refractivity contribution in [3.05, 3.63) is 18.2 Å². The lowest BCUT2D eigenvalue weighted by molar-refractivity contribution is -0.118. The van der Waals surface area contributed by atoms with Gasteiger partial charge in [0.25, 0.3) is 0 Å². The summed E-state index contributed by atoms with van der Waals surface area (Å²) >= 11 is 1.46. The topological polar surface area (TPSA) is 75.3 Å². The van der Waals surface area contributed by atoms with Crippen molar-refractivity contribution >= 4 is 33.4 Å². The van der Waals surface area contributed by atoms with E-state index in [-0.39, 0.29) is 22.8 Å². The molecule has 1 aromatic carbocycles. The van der Waals surface area contributed by atoms with Crippen LogP contribution in [0.15, 0.2) is 28.0 Å². The number of thioether (sulfide) groups is 1. The predicted molar refractivity (Wildman–Crippen MR) is 91.8 cm³/mol. The first-order chi connectivity index (χ1) is 10.2. The van der Waals surface area contributed by atoms with Crippen molar-refractivity contribution in [3.8, 4) is 0 Å². The summed E-state index contributed by atoms with van der Waals surface area (Å²) in [6.45, 7) is 7.31. The largest absolute Gasteiger partial charge is 0.325 e. The van der Waals surface area contributed by atoms with Crippen LogP contribution < -0.4 is 10.0 Å². The molecule has 0 fully saturated rings. The number of nitrogens with one attached hydrogen (secondary N) is 2. The van der Waals surface area contributed by atoms with Gasteiger partial charge in [-0.1, -0.05) is 20.8 Å². The molecule has 5 nitrogen and oxygen atoms in total. The summed E-state index contributed by atoms with van der Waals surface area (Å²) in [5.41, 5.74) is 0.526. The summed E-state index contributed by atoms with van der Waals surface area (Å²) in [5.74, 6) is -0.312. The van der Waals surface area contributed by atoms with Crippen LogP contribution in [0.1, 0.15) is 34.1 Å². The second kappa shape index (κ2) is 7.99. The van der Waals surface area contributed by atoms with Gasteiger partial charge in [-0.25, -0.2) is 13.1 Å². The Morgan fingerprint density at radius 2 is 1.91 bits per heavy atom. The summed E-state index contributed by atoms with van der Waals surface area (Å²) in [4.78, 5) is 12.9. The predicted octanol–water partition coefficient (Wildman–Crippen LogP) is 3.08. The van der Waals surface area contributed by atoms with Gasteiger partial charge >= 0.3 is 0 Å². The first kappa shape index (κ1) is 19.0. The first-order valence-electron chi connectivity index (χ1n) is 7.22. The van der Waals surface area contributed by atoms with E-state index in [1.807, 2.05) is 20.1 Å². The van der Waals surface area contributed by atoms with Crippen molar-refractivity contribution in [2.75, 3.05) is 11.6 Å². The molecular weight excluding hydrogens is 320 g/mol. The average molecular weight is 345 g/mol. The molecular formula is C15H24N2O3S2. The standard InChI is InChI=1S/C15H24N2O3S2/c1-6-11(4)17-22(19,20)12-7-8-14(21-5)13(9-12)16-15(18)10(2)3/h7-11,17H,6H2,1-5H3,(H,16,18)/t11-/m0/s1. The lowest BCUT2D eigenvalue weighted by Gasteiger charge is -2.15. The van der Waals surface area contributed by atoms with Gasteiger partial charge in [-0.15, -0.1) is 11.8 Å². The zero-order valence-electron chi connectivity index (χ0n) is 13.6. The van der Waals surface area contributed by atoms with Crippen molar-refractivity contribution in [1.82, 2.24) is 4.72 Å². The fraction of sp³-hybridized carbons (Fsp3) is 0.533. The molecule has 124 valence electrons. The Bertz CT molecular complexity index is 628. The highest BCUT2D eigenvalue weighted by molar-refractivity contribution is 7.98. The molecule has 1 amide bonds. The minimum atomic E-state index is -3.59. The highest BCUT2D eigenvalue weighted by Gasteiger charge is 2.19. The van der Waals surface area contributed by atoms with Crippen LogP contribution in [-0.2, 0) is 14.8 Å². The van der Waals surface area contributed by atoms with Crippen LogP contribution in [0.5, 0.6) is 0 Å². The van der Waals surface area contributed by atoms with Crippen molar-refractivity contribution in [3.63, 3.8) is 0 Å². The van der Waals surface area contributed by atoms with Gasteiger partial charge in [-0.3, -0.25) is 4.79 Å². The number of sulfonamides is 1. The van der Waals surface area contributed by atoms with Gasteiger partial charge < -0.3 is 5.32 Å². The van der Waals surface area contributed by atoms with Gasteiger partial charge in [0.05, 0.1) is 10.6 Å². The molecule has 2 N–H and O–H groups in total. The van der Waals surface area contributed by atoms with Crippen LogP contribution in [0.25, 0.3) is 0 Å². The van der Waals surface area contributed by atoms with Crippen LogP contribution in [0, 0.1) is 5.92 Å². The minimum Gasteiger partial charge on any atom is -0.325 e. The third-order valence-corrected chi connectivity index (χ3v) is 5.62. The van der Waals surface area contributed by atoms with E-state index in [2.05, 4.69) is 10.0 Å². The van der Waals surface area contributed by atoms with Crippen molar-refractivity contribution in [1.29, 1.82) is 0 Å². The highest BCUT2D eigenvalue weighted by Crippen LogP contribution is 2.28. The molecule has 0 saturated carbocycles. The average Bonchev–Trinajstić information content (AvgIpc) is 2.46. The SMILES string of the molecule is CC[C@H](C)NS(=O)(=O)c1ccc(SC)c(NC(=O)C(C)C)c1. The molecule has 1 rings (SSSR count). The van der Waals surface area contributed by atoms with Crippen molar-refractivity contribution in [2.45, 2.75) is 49.9 Å². The molecule has 0 bridgehead atoms. The summed E-state index contributed by atoms with van der Waals surface area (Å²) in [6.07, 6.45) is 2.59. The van der Waals surface area contributed by atoms with Crippen LogP contribution in [0.2, 0.25) is 0 Å². The van der Waals surface area contributed by atoms with E-state index in [9.17, 15) is 13.2 Å². The zero-order chi connectivity index (χ0) is 16.9. The Hall–Kier alpha value is -1.05. The third kappa shape index (κ3) is 5.00. The molecule has 22 heavy (non-hydrogen) atoms. The minimum absolute atomic E-state index is 0.139. The van der Waals surface area contributed by atoms with E-state index in [0.29, 0.717) is 12.1 Å². The second-order valence-electron chi connectivity index (χ2n) is 5.44. The summed E-state index contributed by atoms with van der Waals surface area (Å²) in [7, 11) is -3.59. The molecule has 0 heterocycles. The van der Waals surface area contributed by atoms with Crippen LogP contribution in [-0.4, -0.2) is 26.6 Å². The van der Waals surface area contributed by atoms with Crippen molar-refractivity contribution < 1.29 is 13.2 Å². The van der Waals surface area contributed by atoms with E-state index < -0.39 is 10.0 Å². The maximum Gasteiger partial charge on any atom is 0.240 e. The van der Waals surface area contributed by atoms with Gasteiger partial charge in [0.15, 0.2) is 0 Å². The number of hydrogen-bond acceptors (Lipinski definition) is 4. The number of rotatable bonds is 7. The van der Waals surface area contributed by atoms with E-state index in [1.54, 1.807) is 26.0 Å². The number of hydrogen-bond donors (Lipinski definition) is 2. The molecule has 0 aliphatic carbocycles. The molecule has 1 aromatic rings. The van der Waals surface area contributed by atoms with E-state index in [4.69, 9.17) is 0 Å². The number of carbonyl (C=O) groups excluding carboxylic acids is 1. The molecule has 0 saturated heterocycles. The van der Waals surface area contributed by atoms with E-state index in [0.717, 1.165) is 4.90 Å². The van der Waals surface area contributed by atoms with Crippen molar-refractivity contribution in [2.24, 2.45) is 5.92 Å². The molecule has 0 aliphatic rings. The maximum atomic E-state index is 12.3. The Balaban J connectivity index is 3.16. The molecule has 1 atom stereocenters. The molecule has 0 unspecified atom stereocenters. The zero-order valence-corrected chi connectivity index (χ0v) is 15.3. The Morgan fingerprint density at radius 1 is 1.27 bits per heavy atom. The Kier molecular flexibility index (Phi) is 6.90. The molecule has 0 radical (unpaired) electrons. The molecule has 0 aliphatic heterocycles. The van der Waals surface area contributed by atoms with Crippen LogP contribution in [0.4, 0.5) is 5.69 Å². The molecule has 7 heteroatoms. The maximum absolute atomic E-state index is 12.3. The van der Waals surface area contributed by atoms with E-state index in [1.165, 1.54) is 17.8 Å². The number of amides is 1. The van der Waals surface area contributed by atoms with Crippen LogP contribution >= 0.6 is 11.8 Å². The van der Waals surface area contributed by atoms with Gasteiger partial charge in [0, 0.05) is 16.9 Å². The van der Waals surface area contributed by atoms with Gasteiger partial charge in [-0.2, -0.15) is 0 Å². The number of benzene rings is 1. The highest BCUT2D eigenvalue weighted by atomic mass is 32.2. The fourth-order valence-corrected chi connectivity index (χ4v) is 3.53. The lowest BCUT2D eigenvalue weighted by Crippen LogP contribution is -2.32. The Morgan fingerprint density at radius 3 is 2.41 bits per heavy atom. The summed E-state index contributed by atoms with van der Waals surface area (Å²) in [5, 5.41) is 2.79. The third-order valence-electron chi connectivity index (χ3n) is 3.23.